The van der Waals surface area contributed by atoms with Gasteiger partial charge < -0.3 is 18.9 Å². The fraction of sp³-hybridized carbons (Fsp3) is 0.381. The number of carbonyl (C=O) groups excluding carboxylic acids is 5. The number of rotatable bonds is 5. The number of fused-ring (bicyclic) bond motifs is 5. The summed E-state index contributed by atoms with van der Waals surface area (Å²) in [6.45, 7) is 2.23. The van der Waals surface area contributed by atoms with Gasteiger partial charge in [-0.15, -0.1) is 0 Å². The zero-order valence-corrected chi connectivity index (χ0v) is 18.0. The van der Waals surface area contributed by atoms with Crippen LogP contribution in [0.3, 0.4) is 0 Å². The minimum Gasteiger partial charge on any atom is -0.465 e. The van der Waals surface area contributed by atoms with E-state index < -0.39 is 59.6 Å². The van der Waals surface area contributed by atoms with Crippen molar-refractivity contribution in [3.63, 3.8) is 0 Å². The molecule has 0 N–H and O–H groups in total. The number of imide groups is 1. The maximum Gasteiger partial charge on any atom is 0.339 e. The van der Waals surface area contributed by atoms with E-state index in [-0.39, 0.29) is 16.3 Å². The molecule has 1 aromatic carbocycles. The lowest BCUT2D eigenvalue weighted by Crippen LogP contribution is -2.52. The number of nitrogens with zero attached hydrogens (tertiary/aromatic N) is 1. The normalized spacial score (nSPS) is 27.7. The summed E-state index contributed by atoms with van der Waals surface area (Å²) >= 11 is 6.05. The molecule has 0 unspecified atom stereocenters. The fourth-order valence-corrected chi connectivity index (χ4v) is 4.58. The van der Waals surface area contributed by atoms with E-state index in [9.17, 15) is 24.0 Å². The zero-order chi connectivity index (χ0) is 23.4. The van der Waals surface area contributed by atoms with Crippen molar-refractivity contribution in [1.29, 1.82) is 0 Å². The summed E-state index contributed by atoms with van der Waals surface area (Å²) in [5.41, 5.74) is -1.56. The molecule has 2 fully saturated rings. The van der Waals surface area contributed by atoms with Crippen molar-refractivity contribution in [2.45, 2.75) is 31.8 Å². The number of methoxy groups -OCH3 is 1. The number of esters is 3. The first-order valence-electron chi connectivity index (χ1n) is 9.58. The van der Waals surface area contributed by atoms with Crippen LogP contribution in [0, 0.1) is 11.8 Å². The summed E-state index contributed by atoms with van der Waals surface area (Å²) < 4.78 is 20.9. The third-order valence-electron chi connectivity index (χ3n) is 5.61. The molecule has 0 aliphatic carbocycles. The number of anilines is 1. The number of carbonyl (C=O) groups is 5. The molecule has 2 amide bonds. The van der Waals surface area contributed by atoms with E-state index in [0.29, 0.717) is 0 Å². The minimum atomic E-state index is -1.66. The SMILES string of the molecule is COC(=O)c1cc(N2C(=O)[C@H]3[C@@H]4C=C[C@@](C(OC(C)=O)OC(C)=O)(O4)[C@@H]3C2=O)ccc1Cl. The topological polar surface area (TPSA) is 126 Å². The number of ether oxygens (including phenoxy) is 4. The van der Waals surface area contributed by atoms with Gasteiger partial charge in [0, 0.05) is 13.8 Å². The second-order valence-electron chi connectivity index (χ2n) is 7.52. The van der Waals surface area contributed by atoms with Crippen LogP contribution in [0.4, 0.5) is 5.69 Å². The van der Waals surface area contributed by atoms with Crippen molar-refractivity contribution in [2.75, 3.05) is 12.0 Å². The molecule has 168 valence electrons. The quantitative estimate of drug-likeness (QED) is 0.275. The molecule has 3 aliphatic rings. The van der Waals surface area contributed by atoms with Gasteiger partial charge in [0.05, 0.1) is 41.3 Å². The largest absolute Gasteiger partial charge is 0.465 e. The fourth-order valence-electron chi connectivity index (χ4n) is 4.39. The highest BCUT2D eigenvalue weighted by molar-refractivity contribution is 6.34. The molecule has 3 heterocycles. The van der Waals surface area contributed by atoms with E-state index in [1.165, 1.54) is 31.4 Å². The van der Waals surface area contributed by atoms with Crippen LogP contribution in [0.1, 0.15) is 24.2 Å². The molecule has 0 saturated carbocycles. The Balaban J connectivity index is 1.75. The van der Waals surface area contributed by atoms with E-state index >= 15 is 0 Å². The molecule has 4 atom stereocenters. The van der Waals surface area contributed by atoms with Gasteiger partial charge >= 0.3 is 17.9 Å². The van der Waals surface area contributed by atoms with E-state index in [1.54, 1.807) is 6.08 Å². The summed E-state index contributed by atoms with van der Waals surface area (Å²) in [5.74, 6) is -5.54. The number of hydrogen-bond donors (Lipinski definition) is 0. The summed E-state index contributed by atoms with van der Waals surface area (Å²) in [4.78, 5) is 62.9. The van der Waals surface area contributed by atoms with Gasteiger partial charge in [-0.05, 0) is 24.3 Å². The Morgan fingerprint density at radius 3 is 2.38 bits per heavy atom. The zero-order valence-electron chi connectivity index (χ0n) is 17.2. The maximum absolute atomic E-state index is 13.5. The van der Waals surface area contributed by atoms with Crippen LogP contribution < -0.4 is 4.90 Å². The van der Waals surface area contributed by atoms with Gasteiger partial charge in [0.1, 0.15) is 0 Å². The minimum absolute atomic E-state index is 0.0194. The maximum atomic E-state index is 13.5. The lowest BCUT2D eigenvalue weighted by Gasteiger charge is -2.34. The molecule has 4 rings (SSSR count). The van der Waals surface area contributed by atoms with Crippen molar-refractivity contribution >= 4 is 47.0 Å². The monoisotopic (exact) mass is 463 g/mol. The van der Waals surface area contributed by atoms with Gasteiger partial charge in [0.15, 0.2) is 5.60 Å². The van der Waals surface area contributed by atoms with E-state index in [4.69, 9.17) is 25.8 Å². The Hall–Kier alpha value is -3.24. The van der Waals surface area contributed by atoms with Crippen molar-refractivity contribution < 1.29 is 42.9 Å². The van der Waals surface area contributed by atoms with Crippen molar-refractivity contribution in [1.82, 2.24) is 0 Å². The second-order valence-corrected chi connectivity index (χ2v) is 7.92. The van der Waals surface area contributed by atoms with Gasteiger partial charge in [-0.2, -0.15) is 0 Å². The lowest BCUT2D eigenvalue weighted by molar-refractivity contribution is -0.226. The van der Waals surface area contributed by atoms with Crippen LogP contribution >= 0.6 is 11.6 Å². The molecule has 11 heteroatoms. The molecular weight excluding hydrogens is 446 g/mol. The lowest BCUT2D eigenvalue weighted by atomic mass is 9.76. The Morgan fingerprint density at radius 1 is 1.12 bits per heavy atom. The van der Waals surface area contributed by atoms with Crippen LogP contribution in [0.15, 0.2) is 30.4 Å². The standard InChI is InChI=1S/C21H18ClNO9/c1-9(24)30-20(31-10(2)25)21-7-6-14(32-21)15-16(21)18(27)23(17(15)26)11-4-5-13(22)12(8-11)19(28)29-3/h4-8,14-16,20H,1-3H3/t14-,15-,16-,21+/m0/s1. The number of benzene rings is 1. The summed E-state index contributed by atoms with van der Waals surface area (Å²) in [6, 6.07) is 4.07. The first-order valence-corrected chi connectivity index (χ1v) is 9.95. The smallest absolute Gasteiger partial charge is 0.339 e. The van der Waals surface area contributed by atoms with Gasteiger partial charge in [0.2, 0.25) is 11.8 Å². The number of halogens is 1. The van der Waals surface area contributed by atoms with Gasteiger partial charge in [-0.1, -0.05) is 17.7 Å². The first-order chi connectivity index (χ1) is 15.1. The molecule has 0 radical (unpaired) electrons. The molecule has 10 nitrogen and oxygen atoms in total. The Labute approximate surface area is 187 Å². The van der Waals surface area contributed by atoms with E-state index in [0.717, 1.165) is 18.7 Å². The second kappa shape index (κ2) is 7.72. The van der Waals surface area contributed by atoms with Crippen LogP contribution in [0.2, 0.25) is 5.02 Å². The van der Waals surface area contributed by atoms with Gasteiger partial charge in [-0.25, -0.2) is 9.69 Å². The molecule has 0 spiro atoms. The highest BCUT2D eigenvalue weighted by Gasteiger charge is 2.72. The third-order valence-corrected chi connectivity index (χ3v) is 5.94. The molecule has 3 aliphatic heterocycles. The van der Waals surface area contributed by atoms with E-state index in [1.807, 2.05) is 0 Å². The van der Waals surface area contributed by atoms with Crippen LogP contribution in [0.25, 0.3) is 0 Å². The number of amides is 2. The first kappa shape index (κ1) is 22.0. The van der Waals surface area contributed by atoms with Gasteiger partial charge in [0.25, 0.3) is 6.29 Å². The Kier molecular flexibility index (Phi) is 5.30. The molecule has 2 bridgehead atoms. The highest BCUT2D eigenvalue weighted by Crippen LogP contribution is 2.54. The van der Waals surface area contributed by atoms with Crippen LogP contribution in [0.5, 0.6) is 0 Å². The summed E-state index contributed by atoms with van der Waals surface area (Å²) in [7, 11) is 1.18. The molecule has 0 aromatic heterocycles. The predicted molar refractivity (Wildman–Crippen MR) is 106 cm³/mol. The average Bonchev–Trinajstić information content (AvgIpc) is 3.38. The predicted octanol–water partition coefficient (Wildman–Crippen LogP) is 1.39. The van der Waals surface area contributed by atoms with Crippen LogP contribution in [-0.2, 0) is 38.1 Å². The Bertz CT molecular complexity index is 1070. The van der Waals surface area contributed by atoms with Gasteiger partial charge in [-0.3, -0.25) is 19.2 Å². The van der Waals surface area contributed by atoms with Crippen molar-refractivity contribution in [2.24, 2.45) is 11.8 Å². The summed E-state index contributed by atoms with van der Waals surface area (Å²) in [6.07, 6.45) is 0.687. The number of hydrogen-bond acceptors (Lipinski definition) is 9. The third kappa shape index (κ3) is 3.18. The van der Waals surface area contributed by atoms with Crippen LogP contribution in [-0.4, -0.2) is 54.8 Å². The highest BCUT2D eigenvalue weighted by atomic mass is 35.5. The molecule has 32 heavy (non-hydrogen) atoms. The summed E-state index contributed by atoms with van der Waals surface area (Å²) in [5, 5.41) is 0.0891. The molecule has 1 aromatic rings. The van der Waals surface area contributed by atoms with Crippen molar-refractivity contribution in [3.05, 3.63) is 40.9 Å². The van der Waals surface area contributed by atoms with E-state index in [2.05, 4.69) is 4.74 Å². The Morgan fingerprint density at radius 2 is 1.78 bits per heavy atom. The van der Waals surface area contributed by atoms with Crippen molar-refractivity contribution in [3.8, 4) is 0 Å². The molecule has 2 saturated heterocycles. The molecular formula is C21H18ClNO9. The average molecular weight is 464 g/mol.